The number of esters is 2. The standard InChI is InChI=1S/C31H36N2O7/c1-18(40-27(34)19-15-23(36-2)25(38-4)24(16-19)37-3)30-11-8-13-33-14-12-31(29(30)33)21-9-6-7-10-22(21)32-26(31)20(17-30)28(35)39-5/h6-7,9-10,15-16,18,29,32H,8,11-14,17H2,1-5H3/t18-,29+,30?,31+/m1/s1. The van der Waals surface area contributed by atoms with Gasteiger partial charge in [0.2, 0.25) is 5.75 Å². The number of nitrogens with zero attached hydrogens (tertiary/aromatic N) is 1. The highest BCUT2D eigenvalue weighted by molar-refractivity contribution is 5.94. The Hall–Kier alpha value is -3.72. The second kappa shape index (κ2) is 9.73. The van der Waals surface area contributed by atoms with Crippen molar-refractivity contribution in [2.24, 2.45) is 5.41 Å². The minimum absolute atomic E-state index is 0.0658. The van der Waals surface area contributed by atoms with Crippen molar-refractivity contribution in [2.75, 3.05) is 46.8 Å². The molecule has 0 aromatic heterocycles. The monoisotopic (exact) mass is 548 g/mol. The molecule has 2 saturated heterocycles. The summed E-state index contributed by atoms with van der Waals surface area (Å²) in [5, 5.41) is 3.62. The van der Waals surface area contributed by atoms with Crippen LogP contribution in [0.5, 0.6) is 17.2 Å². The second-order valence-corrected chi connectivity index (χ2v) is 11.2. The van der Waals surface area contributed by atoms with Crippen molar-refractivity contribution in [3.63, 3.8) is 0 Å². The van der Waals surface area contributed by atoms with E-state index in [0.29, 0.717) is 34.8 Å². The van der Waals surface area contributed by atoms with Crippen LogP contribution in [0.1, 0.15) is 48.5 Å². The summed E-state index contributed by atoms with van der Waals surface area (Å²) < 4.78 is 28.0. The van der Waals surface area contributed by atoms with E-state index in [-0.39, 0.29) is 12.0 Å². The molecule has 6 rings (SSSR count). The van der Waals surface area contributed by atoms with Gasteiger partial charge in [-0.3, -0.25) is 4.90 Å². The minimum Gasteiger partial charge on any atom is -0.493 e. The van der Waals surface area contributed by atoms with Crippen LogP contribution < -0.4 is 19.5 Å². The molecule has 9 nitrogen and oxygen atoms in total. The Morgan fingerprint density at radius 2 is 1.70 bits per heavy atom. The molecule has 1 N–H and O–H groups in total. The summed E-state index contributed by atoms with van der Waals surface area (Å²) in [5.41, 5.74) is 3.25. The molecule has 9 heteroatoms. The average Bonchev–Trinajstić information content (AvgIpc) is 3.55. The smallest absolute Gasteiger partial charge is 0.338 e. The molecule has 40 heavy (non-hydrogen) atoms. The van der Waals surface area contributed by atoms with Crippen LogP contribution in [0.25, 0.3) is 0 Å². The zero-order valence-electron chi connectivity index (χ0n) is 23.7. The highest BCUT2D eigenvalue weighted by Crippen LogP contribution is 2.65. The van der Waals surface area contributed by atoms with Crippen LogP contribution in [0.15, 0.2) is 47.7 Å². The first-order chi connectivity index (χ1) is 19.3. The van der Waals surface area contributed by atoms with Crippen LogP contribution in [-0.2, 0) is 19.7 Å². The molecular weight excluding hydrogens is 512 g/mol. The third kappa shape index (κ3) is 3.56. The Morgan fingerprint density at radius 1 is 0.975 bits per heavy atom. The van der Waals surface area contributed by atoms with Gasteiger partial charge in [-0.05, 0) is 69.5 Å². The number of nitrogens with one attached hydrogen (secondary N) is 1. The van der Waals surface area contributed by atoms with E-state index in [4.69, 9.17) is 23.7 Å². The van der Waals surface area contributed by atoms with Crippen molar-refractivity contribution in [1.82, 2.24) is 4.90 Å². The topological polar surface area (TPSA) is 95.6 Å². The van der Waals surface area contributed by atoms with E-state index in [9.17, 15) is 9.59 Å². The Balaban J connectivity index is 1.44. The summed E-state index contributed by atoms with van der Waals surface area (Å²) >= 11 is 0. The fraction of sp³-hybridized carbons (Fsp3) is 0.484. The summed E-state index contributed by atoms with van der Waals surface area (Å²) in [6.45, 7) is 3.86. The Morgan fingerprint density at radius 3 is 2.38 bits per heavy atom. The summed E-state index contributed by atoms with van der Waals surface area (Å²) in [5.74, 6) is 0.350. The van der Waals surface area contributed by atoms with Crippen molar-refractivity contribution < 1.29 is 33.3 Å². The van der Waals surface area contributed by atoms with Crippen molar-refractivity contribution >= 4 is 17.6 Å². The molecule has 0 bridgehead atoms. The van der Waals surface area contributed by atoms with Gasteiger partial charge in [0.1, 0.15) is 6.10 Å². The van der Waals surface area contributed by atoms with Crippen LogP contribution in [0.4, 0.5) is 5.69 Å². The molecule has 1 unspecified atom stereocenters. The highest BCUT2D eigenvalue weighted by Gasteiger charge is 2.68. The number of carbonyl (C=O) groups excluding carboxylic acids is 2. The Kier molecular flexibility index (Phi) is 6.45. The van der Waals surface area contributed by atoms with E-state index in [2.05, 4.69) is 28.4 Å². The van der Waals surface area contributed by atoms with Crippen LogP contribution in [0.3, 0.4) is 0 Å². The number of para-hydroxylation sites is 1. The summed E-state index contributed by atoms with van der Waals surface area (Å²) in [6, 6.07) is 11.6. The summed E-state index contributed by atoms with van der Waals surface area (Å²) in [7, 11) is 5.97. The van der Waals surface area contributed by atoms with Crippen molar-refractivity contribution in [2.45, 2.75) is 50.2 Å². The maximum atomic E-state index is 13.7. The molecule has 2 aromatic carbocycles. The SMILES string of the molecule is COC(=O)C1=C2Nc3ccccc3[C@@]23CCN2CCCC([C@@H](C)OC(=O)c4cc(OC)c(OC)c(OC)c4)(C1)[C@H]23. The number of benzene rings is 2. The number of fused-ring (bicyclic) bond motifs is 1. The number of anilines is 1. The number of piperidine rings is 1. The van der Waals surface area contributed by atoms with Crippen molar-refractivity contribution in [3.8, 4) is 17.2 Å². The Bertz CT molecular complexity index is 1380. The van der Waals surface area contributed by atoms with Gasteiger partial charge in [0.15, 0.2) is 11.5 Å². The molecule has 1 spiro atoms. The number of hydrogen-bond acceptors (Lipinski definition) is 9. The first-order valence-corrected chi connectivity index (χ1v) is 13.8. The molecule has 0 amide bonds. The number of methoxy groups -OCH3 is 4. The van der Waals surface area contributed by atoms with E-state index in [1.807, 2.05) is 13.0 Å². The predicted molar refractivity (Wildman–Crippen MR) is 148 cm³/mol. The summed E-state index contributed by atoms with van der Waals surface area (Å²) in [6.07, 6.45) is 2.64. The Labute approximate surface area is 234 Å². The minimum atomic E-state index is -0.490. The molecule has 3 heterocycles. The molecule has 4 aliphatic rings. The number of hydrogen-bond donors (Lipinski definition) is 1. The molecule has 212 valence electrons. The van der Waals surface area contributed by atoms with Crippen LogP contribution in [0.2, 0.25) is 0 Å². The highest BCUT2D eigenvalue weighted by atomic mass is 16.5. The molecule has 3 aliphatic heterocycles. The largest absolute Gasteiger partial charge is 0.493 e. The number of carbonyl (C=O) groups is 2. The van der Waals surface area contributed by atoms with Gasteiger partial charge in [-0.25, -0.2) is 9.59 Å². The van der Waals surface area contributed by atoms with E-state index in [1.54, 1.807) is 12.1 Å². The van der Waals surface area contributed by atoms with Crippen molar-refractivity contribution in [1.29, 1.82) is 0 Å². The van der Waals surface area contributed by atoms with E-state index >= 15 is 0 Å². The van der Waals surface area contributed by atoms with Gasteiger partial charge in [-0.15, -0.1) is 0 Å². The number of ether oxygens (including phenoxy) is 5. The lowest BCUT2D eigenvalue weighted by Gasteiger charge is -2.57. The van der Waals surface area contributed by atoms with Gasteiger partial charge in [0, 0.05) is 22.8 Å². The third-order valence-corrected chi connectivity index (χ3v) is 9.60. The first-order valence-electron chi connectivity index (χ1n) is 13.8. The predicted octanol–water partition coefficient (Wildman–Crippen LogP) is 4.31. The lowest BCUT2D eigenvalue weighted by Crippen LogP contribution is -2.64. The lowest BCUT2D eigenvalue weighted by molar-refractivity contribution is -0.138. The molecule has 2 aromatic rings. The number of rotatable bonds is 7. The molecule has 0 saturated carbocycles. The van der Waals surface area contributed by atoms with Crippen LogP contribution in [-0.4, -0.2) is 70.5 Å². The first kappa shape index (κ1) is 26.5. The normalized spacial score (nSPS) is 27.1. The third-order valence-electron chi connectivity index (χ3n) is 9.60. The quantitative estimate of drug-likeness (QED) is 0.508. The van der Waals surface area contributed by atoms with E-state index in [0.717, 1.165) is 43.7 Å². The molecule has 2 fully saturated rings. The maximum absolute atomic E-state index is 13.7. The van der Waals surface area contributed by atoms with Crippen molar-refractivity contribution in [3.05, 3.63) is 58.8 Å². The fourth-order valence-electron chi connectivity index (χ4n) is 8.01. The zero-order valence-corrected chi connectivity index (χ0v) is 23.7. The van der Waals surface area contributed by atoms with Gasteiger partial charge < -0.3 is 29.0 Å². The van der Waals surface area contributed by atoms with Gasteiger partial charge in [0.25, 0.3) is 0 Å². The van der Waals surface area contributed by atoms with E-state index < -0.39 is 22.9 Å². The van der Waals surface area contributed by atoms with Gasteiger partial charge in [-0.2, -0.15) is 0 Å². The van der Waals surface area contributed by atoms with Crippen LogP contribution in [0, 0.1) is 5.41 Å². The second-order valence-electron chi connectivity index (χ2n) is 11.2. The van der Waals surface area contributed by atoms with Gasteiger partial charge in [0.05, 0.1) is 45.0 Å². The van der Waals surface area contributed by atoms with Gasteiger partial charge >= 0.3 is 11.9 Å². The average molecular weight is 549 g/mol. The maximum Gasteiger partial charge on any atom is 0.338 e. The van der Waals surface area contributed by atoms with E-state index in [1.165, 1.54) is 34.0 Å². The molecular formula is C31H36N2O7. The van der Waals surface area contributed by atoms with Crippen LogP contribution >= 0.6 is 0 Å². The molecule has 4 atom stereocenters. The van der Waals surface area contributed by atoms with Gasteiger partial charge in [-0.1, -0.05) is 18.2 Å². The molecule has 1 aliphatic carbocycles. The fourth-order valence-corrected chi connectivity index (χ4v) is 8.01. The summed E-state index contributed by atoms with van der Waals surface area (Å²) in [4.78, 5) is 29.6. The molecule has 0 radical (unpaired) electrons. The lowest BCUT2D eigenvalue weighted by atomic mass is 9.53. The zero-order chi connectivity index (χ0) is 28.2.